The summed E-state index contributed by atoms with van der Waals surface area (Å²) in [6, 6.07) is 8.93. The first-order chi connectivity index (χ1) is 13.9. The maximum atomic E-state index is 15.0. The molecule has 0 amide bonds. The van der Waals surface area contributed by atoms with E-state index < -0.39 is 17.2 Å². The van der Waals surface area contributed by atoms with E-state index in [1.165, 1.54) is 16.8 Å². The number of fused-ring (bicyclic) bond motifs is 1. The minimum atomic E-state index is -0.759. The van der Waals surface area contributed by atoms with Crippen molar-refractivity contribution >= 4 is 39.5 Å². The first-order valence-electron chi connectivity index (χ1n) is 9.24. The first kappa shape index (κ1) is 21.4. The van der Waals surface area contributed by atoms with Crippen molar-refractivity contribution in [3.05, 3.63) is 78.4 Å². The van der Waals surface area contributed by atoms with Gasteiger partial charge in [0.25, 0.3) is 0 Å². The number of hydrogen-bond acceptors (Lipinski definition) is 4. The molecule has 3 rings (SSSR count). The molecule has 29 heavy (non-hydrogen) atoms. The lowest BCUT2D eigenvalue weighted by Crippen LogP contribution is -2.22. The molecule has 0 aliphatic carbocycles. The number of carbonyl (C=O) groups is 1. The number of benzene rings is 2. The Morgan fingerprint density at radius 2 is 2.07 bits per heavy atom. The van der Waals surface area contributed by atoms with Crippen LogP contribution < -0.4 is 5.43 Å². The van der Waals surface area contributed by atoms with Crippen molar-refractivity contribution in [2.45, 2.75) is 26.8 Å². The summed E-state index contributed by atoms with van der Waals surface area (Å²) in [5.41, 5.74) is 2.09. The molecule has 0 fully saturated rings. The lowest BCUT2D eigenvalue weighted by molar-refractivity contribution is 0.0524. The SMILES string of the molecule is CCOC(=O)c1cn(CCO)c2c(F)cc(Cc3cccc(I)c3C)cc2c1=O. The number of esters is 1. The van der Waals surface area contributed by atoms with Crippen LogP contribution in [0.3, 0.4) is 0 Å². The zero-order valence-electron chi connectivity index (χ0n) is 16.2. The molecule has 0 spiro atoms. The molecule has 2 aromatic carbocycles. The number of nitrogens with zero attached hydrogens (tertiary/aromatic N) is 1. The molecule has 7 heteroatoms. The summed E-state index contributed by atoms with van der Waals surface area (Å²) < 4.78 is 22.5. The Morgan fingerprint density at radius 3 is 2.76 bits per heavy atom. The van der Waals surface area contributed by atoms with Crippen LogP contribution in [0.4, 0.5) is 4.39 Å². The van der Waals surface area contributed by atoms with Crippen molar-refractivity contribution in [3.63, 3.8) is 0 Å². The molecule has 0 unspecified atom stereocenters. The molecular formula is C22H21FINO4. The molecule has 0 atom stereocenters. The number of aliphatic hydroxyl groups is 1. The van der Waals surface area contributed by atoms with E-state index >= 15 is 4.39 Å². The zero-order chi connectivity index (χ0) is 21.1. The summed E-state index contributed by atoms with van der Waals surface area (Å²) in [5.74, 6) is -1.33. The molecule has 0 radical (unpaired) electrons. The number of carbonyl (C=O) groups excluding carboxylic acids is 1. The smallest absolute Gasteiger partial charge is 0.343 e. The van der Waals surface area contributed by atoms with E-state index in [9.17, 15) is 14.7 Å². The molecule has 1 heterocycles. The van der Waals surface area contributed by atoms with Gasteiger partial charge >= 0.3 is 5.97 Å². The summed E-state index contributed by atoms with van der Waals surface area (Å²) in [6.45, 7) is 3.56. The van der Waals surface area contributed by atoms with Gasteiger partial charge < -0.3 is 14.4 Å². The van der Waals surface area contributed by atoms with Gasteiger partial charge in [0.15, 0.2) is 0 Å². The van der Waals surface area contributed by atoms with Gasteiger partial charge in [-0.05, 0) is 77.7 Å². The zero-order valence-corrected chi connectivity index (χ0v) is 18.3. The highest BCUT2D eigenvalue weighted by Gasteiger charge is 2.19. The van der Waals surface area contributed by atoms with E-state index in [0.717, 1.165) is 14.7 Å². The molecule has 0 aliphatic heterocycles. The third kappa shape index (κ3) is 4.35. The fourth-order valence-electron chi connectivity index (χ4n) is 3.35. The van der Waals surface area contributed by atoms with Crippen LogP contribution >= 0.6 is 22.6 Å². The summed E-state index contributed by atoms with van der Waals surface area (Å²) in [6.07, 6.45) is 1.71. The Balaban J connectivity index is 2.21. The molecule has 3 aromatic rings. The Hall–Kier alpha value is -2.26. The maximum absolute atomic E-state index is 15.0. The van der Waals surface area contributed by atoms with Gasteiger partial charge in [0.05, 0.1) is 18.7 Å². The van der Waals surface area contributed by atoms with E-state index in [1.807, 2.05) is 25.1 Å². The van der Waals surface area contributed by atoms with Crippen LogP contribution in [0.2, 0.25) is 0 Å². The van der Waals surface area contributed by atoms with Gasteiger partial charge in [-0.2, -0.15) is 0 Å². The van der Waals surface area contributed by atoms with Crippen molar-refractivity contribution < 1.29 is 19.0 Å². The highest BCUT2D eigenvalue weighted by molar-refractivity contribution is 14.1. The van der Waals surface area contributed by atoms with Crippen LogP contribution in [0.25, 0.3) is 10.9 Å². The quantitative estimate of drug-likeness (QED) is 0.406. The monoisotopic (exact) mass is 509 g/mol. The summed E-state index contributed by atoms with van der Waals surface area (Å²) in [7, 11) is 0. The number of pyridine rings is 1. The minimum absolute atomic E-state index is 0.0510. The summed E-state index contributed by atoms with van der Waals surface area (Å²) in [5, 5.41) is 9.44. The van der Waals surface area contributed by atoms with Crippen molar-refractivity contribution in [1.82, 2.24) is 4.57 Å². The van der Waals surface area contributed by atoms with Crippen LogP contribution in [0.5, 0.6) is 0 Å². The van der Waals surface area contributed by atoms with E-state index in [4.69, 9.17) is 4.74 Å². The Kier molecular flexibility index (Phi) is 6.69. The van der Waals surface area contributed by atoms with Crippen molar-refractivity contribution in [1.29, 1.82) is 0 Å². The van der Waals surface area contributed by atoms with E-state index in [2.05, 4.69) is 22.6 Å². The van der Waals surface area contributed by atoms with Crippen molar-refractivity contribution in [2.75, 3.05) is 13.2 Å². The predicted molar refractivity (Wildman–Crippen MR) is 118 cm³/mol. The van der Waals surface area contributed by atoms with E-state index in [0.29, 0.717) is 12.0 Å². The minimum Gasteiger partial charge on any atom is -0.462 e. The number of halogens is 2. The van der Waals surface area contributed by atoms with Crippen molar-refractivity contribution in [2.24, 2.45) is 0 Å². The molecule has 0 aliphatic rings. The molecule has 152 valence electrons. The molecule has 0 bridgehead atoms. The average molecular weight is 509 g/mol. The Labute approximate surface area is 181 Å². The van der Waals surface area contributed by atoms with Crippen LogP contribution in [0, 0.1) is 16.3 Å². The van der Waals surface area contributed by atoms with Gasteiger partial charge in [0.2, 0.25) is 5.43 Å². The fourth-order valence-corrected chi connectivity index (χ4v) is 3.90. The fraction of sp³-hybridized carbons (Fsp3) is 0.273. The lowest BCUT2D eigenvalue weighted by Gasteiger charge is -2.15. The number of aliphatic hydroxyl groups excluding tert-OH is 1. The Morgan fingerprint density at radius 1 is 1.31 bits per heavy atom. The average Bonchev–Trinajstić information content (AvgIpc) is 2.68. The highest BCUT2D eigenvalue weighted by atomic mass is 127. The maximum Gasteiger partial charge on any atom is 0.343 e. The Bertz CT molecular complexity index is 1140. The number of aromatic nitrogens is 1. The third-order valence-corrected chi connectivity index (χ3v) is 5.96. The second-order valence-corrected chi connectivity index (χ2v) is 7.85. The van der Waals surface area contributed by atoms with Crippen LogP contribution in [0.1, 0.15) is 34.0 Å². The topological polar surface area (TPSA) is 68.5 Å². The van der Waals surface area contributed by atoms with Gasteiger partial charge in [-0.3, -0.25) is 4.79 Å². The van der Waals surface area contributed by atoms with Crippen LogP contribution in [-0.4, -0.2) is 28.9 Å². The number of ether oxygens (including phenoxy) is 1. The molecule has 1 aromatic heterocycles. The first-order valence-corrected chi connectivity index (χ1v) is 10.3. The summed E-state index contributed by atoms with van der Waals surface area (Å²) in [4.78, 5) is 25.2. The molecule has 1 N–H and O–H groups in total. The van der Waals surface area contributed by atoms with Gasteiger partial charge in [-0.25, -0.2) is 9.18 Å². The summed E-state index contributed by atoms with van der Waals surface area (Å²) >= 11 is 2.25. The van der Waals surface area contributed by atoms with Gasteiger partial charge in [0, 0.05) is 21.7 Å². The van der Waals surface area contributed by atoms with E-state index in [-0.39, 0.29) is 36.2 Å². The van der Waals surface area contributed by atoms with Gasteiger partial charge in [0.1, 0.15) is 11.4 Å². The largest absolute Gasteiger partial charge is 0.462 e. The number of rotatable bonds is 6. The third-order valence-electron chi connectivity index (χ3n) is 4.80. The highest BCUT2D eigenvalue weighted by Crippen LogP contribution is 2.23. The molecular weight excluding hydrogens is 488 g/mol. The van der Waals surface area contributed by atoms with Gasteiger partial charge in [-0.15, -0.1) is 0 Å². The molecule has 0 saturated carbocycles. The second kappa shape index (κ2) is 9.04. The van der Waals surface area contributed by atoms with Crippen LogP contribution in [-0.2, 0) is 17.7 Å². The standard InChI is InChI=1S/C22H21FINO4/c1-3-29-22(28)17-12-25(7-8-26)20-16(21(17)27)10-14(11-18(20)23)9-15-5-4-6-19(24)13(15)2/h4-6,10-12,26H,3,7-9H2,1-2H3. The van der Waals surface area contributed by atoms with E-state index in [1.54, 1.807) is 13.0 Å². The second-order valence-electron chi connectivity index (χ2n) is 6.68. The normalized spacial score (nSPS) is 11.1. The number of hydrogen-bond donors (Lipinski definition) is 1. The molecule has 0 saturated heterocycles. The van der Waals surface area contributed by atoms with Crippen LogP contribution in [0.15, 0.2) is 41.3 Å². The lowest BCUT2D eigenvalue weighted by atomic mass is 9.98. The van der Waals surface area contributed by atoms with Crippen molar-refractivity contribution in [3.8, 4) is 0 Å². The molecule has 5 nitrogen and oxygen atoms in total. The predicted octanol–water partition coefficient (Wildman–Crippen LogP) is 3.81. The van der Waals surface area contributed by atoms with Gasteiger partial charge in [-0.1, -0.05) is 12.1 Å².